The zero-order valence-corrected chi connectivity index (χ0v) is 14.2. The molecule has 0 radical (unpaired) electrons. The summed E-state index contributed by atoms with van der Waals surface area (Å²) in [5.41, 5.74) is 3.02. The number of hydrazone groups is 1. The maximum absolute atomic E-state index is 12.2. The highest BCUT2D eigenvalue weighted by molar-refractivity contribution is 7.21. The van der Waals surface area contributed by atoms with Gasteiger partial charge < -0.3 is 4.74 Å². The molecule has 8 heteroatoms. The number of hydrogen-bond donors (Lipinski definition) is 1. The topological polar surface area (TPSA) is 50.7 Å². The number of carbonyl (C=O) groups excluding carboxylic acids is 1. The van der Waals surface area contributed by atoms with E-state index < -0.39 is 12.5 Å². The van der Waals surface area contributed by atoms with Gasteiger partial charge >= 0.3 is 6.61 Å². The summed E-state index contributed by atoms with van der Waals surface area (Å²) in [6.45, 7) is -2.87. The van der Waals surface area contributed by atoms with Crippen LogP contribution in [0, 0.1) is 0 Å². The summed E-state index contributed by atoms with van der Waals surface area (Å²) in [6, 6.07) is 13.3. The summed E-state index contributed by atoms with van der Waals surface area (Å²) in [7, 11) is 0. The van der Waals surface area contributed by atoms with Crippen LogP contribution in [-0.4, -0.2) is 18.7 Å². The summed E-state index contributed by atoms with van der Waals surface area (Å²) >= 11 is 7.51. The van der Waals surface area contributed by atoms with Gasteiger partial charge in [0, 0.05) is 10.1 Å². The van der Waals surface area contributed by atoms with Crippen molar-refractivity contribution in [1.29, 1.82) is 0 Å². The van der Waals surface area contributed by atoms with Crippen LogP contribution in [0.2, 0.25) is 5.02 Å². The second-order valence-electron chi connectivity index (χ2n) is 4.89. The van der Waals surface area contributed by atoms with E-state index in [2.05, 4.69) is 15.3 Å². The Hall–Kier alpha value is -2.51. The fraction of sp³-hybridized carbons (Fsp3) is 0.0588. The lowest BCUT2D eigenvalue weighted by atomic mass is 10.2. The van der Waals surface area contributed by atoms with Gasteiger partial charge in [-0.15, -0.1) is 11.3 Å². The average molecular weight is 381 g/mol. The van der Waals surface area contributed by atoms with E-state index in [0.29, 0.717) is 15.5 Å². The zero-order chi connectivity index (χ0) is 17.8. The van der Waals surface area contributed by atoms with Crippen LogP contribution in [0.4, 0.5) is 8.78 Å². The number of fused-ring (bicyclic) bond motifs is 1. The smallest absolute Gasteiger partial charge is 0.387 e. The first-order valence-corrected chi connectivity index (χ1v) is 8.29. The minimum absolute atomic E-state index is 0.0493. The molecule has 0 unspecified atom stereocenters. The van der Waals surface area contributed by atoms with Gasteiger partial charge in [-0.1, -0.05) is 29.8 Å². The van der Waals surface area contributed by atoms with Crippen molar-refractivity contribution in [1.82, 2.24) is 5.43 Å². The van der Waals surface area contributed by atoms with Crippen molar-refractivity contribution >= 4 is 45.1 Å². The van der Waals surface area contributed by atoms with Gasteiger partial charge in [0.15, 0.2) is 0 Å². The maximum Gasteiger partial charge on any atom is 0.387 e. The van der Waals surface area contributed by atoms with E-state index in [1.54, 1.807) is 12.1 Å². The Labute approximate surface area is 150 Å². The first-order chi connectivity index (χ1) is 12.0. The Balaban J connectivity index is 1.67. The molecule has 0 atom stereocenters. The Morgan fingerprint density at radius 1 is 1.20 bits per heavy atom. The molecule has 0 aliphatic rings. The average Bonchev–Trinajstić information content (AvgIpc) is 2.93. The Morgan fingerprint density at radius 3 is 2.60 bits per heavy atom. The van der Waals surface area contributed by atoms with Crippen molar-refractivity contribution in [2.75, 3.05) is 0 Å². The van der Waals surface area contributed by atoms with Crippen molar-refractivity contribution in [3.63, 3.8) is 0 Å². The van der Waals surface area contributed by atoms with Crippen LogP contribution < -0.4 is 10.2 Å². The first-order valence-electron chi connectivity index (χ1n) is 7.10. The highest BCUT2D eigenvalue weighted by Gasteiger charge is 2.16. The zero-order valence-electron chi connectivity index (χ0n) is 12.6. The van der Waals surface area contributed by atoms with E-state index in [9.17, 15) is 13.6 Å². The largest absolute Gasteiger partial charge is 0.435 e. The molecule has 3 rings (SSSR count). The van der Waals surface area contributed by atoms with Crippen LogP contribution in [0.1, 0.15) is 15.2 Å². The van der Waals surface area contributed by atoms with Crippen molar-refractivity contribution in [2.24, 2.45) is 5.10 Å². The fourth-order valence-corrected chi connectivity index (χ4v) is 3.52. The van der Waals surface area contributed by atoms with Gasteiger partial charge in [0.2, 0.25) is 0 Å². The molecule has 3 aromatic rings. The molecule has 0 saturated heterocycles. The van der Waals surface area contributed by atoms with E-state index in [-0.39, 0.29) is 5.75 Å². The third-order valence-corrected chi connectivity index (χ3v) is 4.90. The van der Waals surface area contributed by atoms with Crippen molar-refractivity contribution in [3.05, 3.63) is 64.0 Å². The lowest BCUT2D eigenvalue weighted by Gasteiger charge is -2.03. The molecule has 128 valence electrons. The molecule has 25 heavy (non-hydrogen) atoms. The van der Waals surface area contributed by atoms with Gasteiger partial charge in [0.1, 0.15) is 10.6 Å². The highest BCUT2D eigenvalue weighted by Crippen LogP contribution is 2.34. The molecule has 2 aromatic carbocycles. The van der Waals surface area contributed by atoms with Gasteiger partial charge in [-0.2, -0.15) is 13.9 Å². The minimum Gasteiger partial charge on any atom is -0.435 e. The molecular weight excluding hydrogens is 370 g/mol. The quantitative estimate of drug-likeness (QED) is 0.504. The Morgan fingerprint density at radius 2 is 1.92 bits per heavy atom. The normalized spacial score (nSPS) is 11.4. The summed E-state index contributed by atoms with van der Waals surface area (Å²) in [6.07, 6.45) is 1.39. The molecule has 1 N–H and O–H groups in total. The lowest BCUT2D eigenvalue weighted by molar-refractivity contribution is -0.0498. The molecule has 0 bridgehead atoms. The van der Waals surface area contributed by atoms with E-state index in [0.717, 1.165) is 10.1 Å². The van der Waals surface area contributed by atoms with Crippen LogP contribution in [0.15, 0.2) is 53.6 Å². The molecule has 4 nitrogen and oxygen atoms in total. The Kier molecular flexibility index (Phi) is 5.25. The van der Waals surface area contributed by atoms with Crippen molar-refractivity contribution in [3.8, 4) is 5.75 Å². The summed E-state index contributed by atoms with van der Waals surface area (Å²) in [5.74, 6) is -0.367. The number of amides is 1. The summed E-state index contributed by atoms with van der Waals surface area (Å²) in [4.78, 5) is 12.6. The number of ether oxygens (including phenoxy) is 1. The van der Waals surface area contributed by atoms with Crippen LogP contribution in [-0.2, 0) is 0 Å². The molecule has 0 fully saturated rings. The van der Waals surface area contributed by atoms with E-state index >= 15 is 0 Å². The second-order valence-corrected chi connectivity index (χ2v) is 6.32. The number of alkyl halides is 2. The molecule has 1 amide bonds. The molecule has 0 aliphatic heterocycles. The number of thiophene rings is 1. The molecule has 1 heterocycles. The summed E-state index contributed by atoms with van der Waals surface area (Å²) in [5, 5.41) is 5.06. The number of nitrogens with zero attached hydrogens (tertiary/aromatic N) is 1. The molecule has 1 aromatic heterocycles. The van der Waals surface area contributed by atoms with Gasteiger partial charge in [0.05, 0.1) is 11.2 Å². The van der Waals surface area contributed by atoms with Crippen LogP contribution in [0.3, 0.4) is 0 Å². The second kappa shape index (κ2) is 7.58. The number of benzene rings is 2. The first kappa shape index (κ1) is 17.3. The van der Waals surface area contributed by atoms with Gasteiger partial charge in [-0.05, 0) is 35.9 Å². The number of carbonyl (C=O) groups is 1. The van der Waals surface area contributed by atoms with Gasteiger partial charge in [-0.25, -0.2) is 5.43 Å². The fourth-order valence-electron chi connectivity index (χ4n) is 2.11. The van der Waals surface area contributed by atoms with Crippen molar-refractivity contribution < 1.29 is 18.3 Å². The molecule has 0 spiro atoms. The van der Waals surface area contributed by atoms with E-state index in [4.69, 9.17) is 11.6 Å². The Bertz CT molecular complexity index is 926. The van der Waals surface area contributed by atoms with Crippen molar-refractivity contribution in [2.45, 2.75) is 6.61 Å². The molecule has 0 saturated carbocycles. The number of hydrogen-bond acceptors (Lipinski definition) is 4. The minimum atomic E-state index is -2.87. The standard InChI is InChI=1S/C17H11ClF2N2O2S/c18-14-12-3-1-2-4-13(12)25-15(14)16(23)22-21-9-10-5-7-11(8-6-10)24-17(19)20/h1-9,17H,(H,22,23)/b21-9-. The van der Waals surface area contributed by atoms with E-state index in [1.165, 1.54) is 29.7 Å². The third kappa shape index (κ3) is 4.12. The SMILES string of the molecule is O=C(N/N=C\c1ccc(OC(F)F)cc1)c1sc2ccccc2c1Cl. The predicted octanol–water partition coefficient (Wildman–Crippen LogP) is 4.92. The van der Waals surface area contributed by atoms with Gasteiger partial charge in [0.25, 0.3) is 5.91 Å². The third-order valence-electron chi connectivity index (χ3n) is 3.23. The summed E-state index contributed by atoms with van der Waals surface area (Å²) < 4.78 is 29.3. The maximum atomic E-state index is 12.2. The molecule has 0 aliphatic carbocycles. The number of rotatable bonds is 5. The lowest BCUT2D eigenvalue weighted by Crippen LogP contribution is -2.16. The van der Waals surface area contributed by atoms with Gasteiger partial charge in [-0.3, -0.25) is 4.79 Å². The molecular formula is C17H11ClF2N2O2S. The van der Waals surface area contributed by atoms with Crippen LogP contribution in [0.5, 0.6) is 5.75 Å². The monoisotopic (exact) mass is 380 g/mol. The highest BCUT2D eigenvalue weighted by atomic mass is 35.5. The number of nitrogens with one attached hydrogen (secondary N) is 1. The van der Waals surface area contributed by atoms with Crippen LogP contribution >= 0.6 is 22.9 Å². The predicted molar refractivity (Wildman–Crippen MR) is 95.0 cm³/mol. The number of halogens is 3. The van der Waals surface area contributed by atoms with Crippen LogP contribution in [0.25, 0.3) is 10.1 Å². The van der Waals surface area contributed by atoms with E-state index in [1.807, 2.05) is 24.3 Å².